The first-order chi connectivity index (χ1) is 9.67. The molecule has 0 saturated carbocycles. The molecule has 0 unspecified atom stereocenters. The highest BCUT2D eigenvalue weighted by Gasteiger charge is 2.31. The van der Waals surface area contributed by atoms with Gasteiger partial charge in [-0.05, 0) is 23.9 Å². The van der Waals surface area contributed by atoms with Crippen molar-refractivity contribution in [3.63, 3.8) is 0 Å². The molecule has 0 bridgehead atoms. The average Bonchev–Trinajstić information content (AvgIpc) is 2.34. The lowest BCUT2D eigenvalue weighted by atomic mass is 10.1. The molecule has 0 N–H and O–H groups in total. The second-order valence-corrected chi connectivity index (χ2v) is 4.51. The average molecular weight is 327 g/mol. The Balaban J connectivity index is 3.43. The third-order valence-corrected chi connectivity index (χ3v) is 2.74. The summed E-state index contributed by atoms with van der Waals surface area (Å²) in [6, 6.07) is 2.78. The van der Waals surface area contributed by atoms with Crippen LogP contribution in [0, 0.1) is 11.3 Å². The molecule has 0 aliphatic rings. The van der Waals surface area contributed by atoms with Crippen molar-refractivity contribution < 1.29 is 36.2 Å². The molecule has 0 radical (unpaired) electrons. The SMILES string of the molecule is COC(=O)c1c(C#N)cc(SC(F)(F)F)cc1OC(F)F. The minimum atomic E-state index is -4.69. The Labute approximate surface area is 119 Å². The van der Waals surface area contributed by atoms with E-state index in [1.807, 2.05) is 0 Å². The van der Waals surface area contributed by atoms with Crippen LogP contribution in [0.3, 0.4) is 0 Å². The summed E-state index contributed by atoms with van der Waals surface area (Å²) >= 11 is -0.629. The molecule has 4 nitrogen and oxygen atoms in total. The largest absolute Gasteiger partial charge is 0.465 e. The van der Waals surface area contributed by atoms with Gasteiger partial charge in [-0.1, -0.05) is 0 Å². The van der Waals surface area contributed by atoms with Gasteiger partial charge < -0.3 is 9.47 Å². The standard InChI is InChI=1S/C11H6F5NO3S/c1-19-9(18)8-5(4-17)2-6(21-11(14,15)16)3-7(8)20-10(12)13/h2-3,10H,1H3. The number of rotatable bonds is 4. The van der Waals surface area contributed by atoms with Crippen LogP contribution in [-0.4, -0.2) is 25.2 Å². The van der Waals surface area contributed by atoms with Crippen molar-refractivity contribution in [1.29, 1.82) is 5.26 Å². The summed E-state index contributed by atoms with van der Waals surface area (Å²) in [5.41, 5.74) is -5.92. The minimum Gasteiger partial charge on any atom is -0.465 e. The minimum absolute atomic E-state index is 0.563. The molecule has 1 rings (SSSR count). The van der Waals surface area contributed by atoms with Gasteiger partial charge in [-0.15, -0.1) is 0 Å². The lowest BCUT2D eigenvalue weighted by Gasteiger charge is -2.13. The van der Waals surface area contributed by atoms with E-state index in [0.717, 1.165) is 13.2 Å². The molecule has 0 amide bonds. The Bertz CT molecular complexity index is 582. The molecule has 21 heavy (non-hydrogen) atoms. The van der Waals surface area contributed by atoms with Crippen molar-refractivity contribution in [2.24, 2.45) is 0 Å². The molecule has 0 heterocycles. The highest BCUT2D eigenvalue weighted by atomic mass is 32.2. The second-order valence-electron chi connectivity index (χ2n) is 3.37. The van der Waals surface area contributed by atoms with Crippen LogP contribution in [0.1, 0.15) is 15.9 Å². The number of alkyl halides is 5. The maximum absolute atomic E-state index is 12.3. The number of carbonyl (C=O) groups excluding carboxylic acids is 1. The number of nitrogens with zero attached hydrogens (tertiary/aromatic N) is 1. The topological polar surface area (TPSA) is 59.3 Å². The van der Waals surface area contributed by atoms with Crippen LogP contribution < -0.4 is 4.74 Å². The maximum Gasteiger partial charge on any atom is 0.446 e. The quantitative estimate of drug-likeness (QED) is 0.481. The Kier molecular flexibility index (Phi) is 5.37. The van der Waals surface area contributed by atoms with E-state index in [1.54, 1.807) is 0 Å². The lowest BCUT2D eigenvalue weighted by Crippen LogP contribution is -2.12. The van der Waals surface area contributed by atoms with Gasteiger partial charge in [0, 0.05) is 4.90 Å². The molecule has 10 heteroatoms. The molecule has 114 valence electrons. The van der Waals surface area contributed by atoms with Gasteiger partial charge in [0.2, 0.25) is 0 Å². The van der Waals surface area contributed by atoms with Crippen molar-refractivity contribution in [3.05, 3.63) is 23.3 Å². The van der Waals surface area contributed by atoms with Crippen LogP contribution in [0.15, 0.2) is 17.0 Å². The van der Waals surface area contributed by atoms with Gasteiger partial charge >= 0.3 is 18.1 Å². The first-order valence-electron chi connectivity index (χ1n) is 5.05. The lowest BCUT2D eigenvalue weighted by molar-refractivity contribution is -0.0505. The monoisotopic (exact) mass is 327 g/mol. The van der Waals surface area contributed by atoms with Crippen LogP contribution >= 0.6 is 11.8 Å². The molecular weight excluding hydrogens is 321 g/mol. The molecule has 1 aromatic carbocycles. The Hall–Kier alpha value is -2.02. The molecule has 1 aromatic rings. The fourth-order valence-electron chi connectivity index (χ4n) is 1.37. The molecule has 0 atom stereocenters. The molecule has 0 aliphatic carbocycles. The first-order valence-corrected chi connectivity index (χ1v) is 5.86. The van der Waals surface area contributed by atoms with E-state index in [0.29, 0.717) is 6.07 Å². The predicted octanol–water partition coefficient (Wildman–Crippen LogP) is 3.56. The fraction of sp³-hybridized carbons (Fsp3) is 0.273. The van der Waals surface area contributed by atoms with Crippen molar-refractivity contribution >= 4 is 17.7 Å². The Morgan fingerprint density at radius 1 is 1.38 bits per heavy atom. The number of benzene rings is 1. The summed E-state index contributed by atoms with van der Waals surface area (Å²) in [5.74, 6) is -2.03. The zero-order chi connectivity index (χ0) is 16.2. The van der Waals surface area contributed by atoms with E-state index in [-0.39, 0.29) is 0 Å². The second kappa shape index (κ2) is 6.62. The zero-order valence-electron chi connectivity index (χ0n) is 10.2. The van der Waals surface area contributed by atoms with Crippen molar-refractivity contribution in [2.45, 2.75) is 17.0 Å². The van der Waals surface area contributed by atoms with Crippen molar-refractivity contribution in [1.82, 2.24) is 0 Å². The summed E-state index contributed by atoms with van der Waals surface area (Å²) in [6.45, 7) is -3.38. The summed E-state index contributed by atoms with van der Waals surface area (Å²) in [5, 5.41) is 8.85. The van der Waals surface area contributed by atoms with E-state index >= 15 is 0 Å². The van der Waals surface area contributed by atoms with Gasteiger partial charge in [-0.3, -0.25) is 0 Å². The van der Waals surface area contributed by atoms with Gasteiger partial charge in [0.05, 0.1) is 12.7 Å². The van der Waals surface area contributed by atoms with Gasteiger partial charge in [0.25, 0.3) is 0 Å². The number of methoxy groups -OCH3 is 1. The van der Waals surface area contributed by atoms with Crippen LogP contribution in [-0.2, 0) is 4.74 Å². The summed E-state index contributed by atoms with van der Waals surface area (Å²) in [6.07, 6.45) is 0. The van der Waals surface area contributed by atoms with E-state index < -0.39 is 51.6 Å². The van der Waals surface area contributed by atoms with E-state index in [2.05, 4.69) is 9.47 Å². The number of halogens is 5. The molecule has 0 saturated heterocycles. The van der Waals surface area contributed by atoms with Crippen LogP contribution in [0.4, 0.5) is 22.0 Å². The first kappa shape index (κ1) is 17.0. The van der Waals surface area contributed by atoms with E-state index in [9.17, 15) is 26.7 Å². The summed E-state index contributed by atoms with van der Waals surface area (Å²) in [4.78, 5) is 10.9. The summed E-state index contributed by atoms with van der Waals surface area (Å²) in [7, 11) is 0.925. The number of nitriles is 1. The van der Waals surface area contributed by atoms with Crippen LogP contribution in [0.25, 0.3) is 0 Å². The van der Waals surface area contributed by atoms with Crippen molar-refractivity contribution in [3.8, 4) is 11.8 Å². The van der Waals surface area contributed by atoms with E-state index in [4.69, 9.17) is 5.26 Å². The molecule has 0 fully saturated rings. The molecule has 0 spiro atoms. The highest BCUT2D eigenvalue weighted by molar-refractivity contribution is 8.00. The number of esters is 1. The number of thioether (sulfide) groups is 1. The third kappa shape index (κ3) is 4.78. The van der Waals surface area contributed by atoms with Gasteiger partial charge in [0.15, 0.2) is 0 Å². The zero-order valence-corrected chi connectivity index (χ0v) is 11.0. The summed E-state index contributed by atoms with van der Waals surface area (Å²) < 4.78 is 69.8. The number of ether oxygens (including phenoxy) is 2. The smallest absolute Gasteiger partial charge is 0.446 e. The Morgan fingerprint density at radius 2 is 2.00 bits per heavy atom. The molecule has 0 aliphatic heterocycles. The van der Waals surface area contributed by atoms with Gasteiger partial charge in [0.1, 0.15) is 17.4 Å². The highest BCUT2D eigenvalue weighted by Crippen LogP contribution is 2.40. The van der Waals surface area contributed by atoms with Crippen LogP contribution in [0.5, 0.6) is 5.75 Å². The number of hydrogen-bond acceptors (Lipinski definition) is 5. The van der Waals surface area contributed by atoms with E-state index in [1.165, 1.54) is 6.07 Å². The molecule has 0 aromatic heterocycles. The normalized spacial score (nSPS) is 11.1. The third-order valence-electron chi connectivity index (χ3n) is 2.04. The number of hydrogen-bond donors (Lipinski definition) is 0. The van der Waals surface area contributed by atoms with Gasteiger partial charge in [-0.2, -0.15) is 27.2 Å². The number of carbonyl (C=O) groups is 1. The van der Waals surface area contributed by atoms with Crippen molar-refractivity contribution in [2.75, 3.05) is 7.11 Å². The Morgan fingerprint density at radius 3 is 2.43 bits per heavy atom. The fourth-order valence-corrected chi connectivity index (χ4v) is 1.98. The van der Waals surface area contributed by atoms with Crippen LogP contribution in [0.2, 0.25) is 0 Å². The van der Waals surface area contributed by atoms with Gasteiger partial charge in [-0.25, -0.2) is 4.79 Å². The molecular formula is C11H6F5NO3S. The maximum atomic E-state index is 12.3. The predicted molar refractivity (Wildman–Crippen MR) is 61.0 cm³/mol.